The molecule has 2 heterocycles. The zero-order valence-electron chi connectivity index (χ0n) is 15.4. The Balaban J connectivity index is 2.18. The van der Waals surface area contributed by atoms with Gasteiger partial charge in [-0.25, -0.2) is 0 Å². The quantitative estimate of drug-likeness (QED) is 0.799. The number of piperazine rings is 1. The van der Waals surface area contributed by atoms with Crippen molar-refractivity contribution in [2.75, 3.05) is 19.6 Å². The van der Waals surface area contributed by atoms with E-state index in [0.29, 0.717) is 31.0 Å². The summed E-state index contributed by atoms with van der Waals surface area (Å²) in [5.41, 5.74) is 0.489. The van der Waals surface area contributed by atoms with Gasteiger partial charge in [0.25, 0.3) is 5.91 Å². The lowest BCUT2D eigenvalue weighted by Gasteiger charge is -2.40. The van der Waals surface area contributed by atoms with Crippen LogP contribution < -0.4 is 0 Å². The zero-order chi connectivity index (χ0) is 18.1. The monoisotopic (exact) mass is 332 g/mol. The topological polar surface area (TPSA) is 53.8 Å². The highest BCUT2D eigenvalue weighted by molar-refractivity contribution is 5.95. The summed E-state index contributed by atoms with van der Waals surface area (Å²) in [5.74, 6) is 1.39. The van der Waals surface area contributed by atoms with Gasteiger partial charge in [-0.2, -0.15) is 0 Å². The van der Waals surface area contributed by atoms with E-state index >= 15 is 0 Å². The Morgan fingerprint density at radius 1 is 1.38 bits per heavy atom. The van der Waals surface area contributed by atoms with Gasteiger partial charge in [-0.05, 0) is 25.5 Å². The number of nitrogens with zero attached hydrogens (tertiary/aromatic N) is 2. The van der Waals surface area contributed by atoms with Crippen molar-refractivity contribution in [1.82, 2.24) is 9.80 Å². The molecule has 0 saturated carbocycles. The van der Waals surface area contributed by atoms with Gasteiger partial charge in [0, 0.05) is 31.1 Å². The predicted octanol–water partition coefficient (Wildman–Crippen LogP) is 3.13. The SMILES string of the molecule is C=CC(=O)N1CCN(C(=O)c2cc(C(C)(C)C)oc2C)C[C@H]1CC. The van der Waals surface area contributed by atoms with E-state index in [1.807, 2.05) is 24.8 Å². The standard InChI is InChI=1S/C19H28N2O3/c1-7-14-12-20(9-10-21(14)17(22)8-2)18(23)15-11-16(19(4,5)6)24-13(15)3/h8,11,14H,2,7,9-10,12H2,1,3-6H3/t14-/m1/s1. The summed E-state index contributed by atoms with van der Waals surface area (Å²) >= 11 is 0. The molecule has 2 rings (SSSR count). The molecule has 2 amide bonds. The molecule has 1 aromatic rings. The first-order chi connectivity index (χ1) is 11.2. The first-order valence-corrected chi connectivity index (χ1v) is 8.52. The molecule has 0 unspecified atom stereocenters. The van der Waals surface area contributed by atoms with E-state index < -0.39 is 0 Å². The van der Waals surface area contributed by atoms with Gasteiger partial charge in [-0.1, -0.05) is 34.3 Å². The smallest absolute Gasteiger partial charge is 0.257 e. The maximum absolute atomic E-state index is 12.9. The number of carbonyl (C=O) groups is 2. The molecule has 5 heteroatoms. The van der Waals surface area contributed by atoms with Gasteiger partial charge >= 0.3 is 0 Å². The van der Waals surface area contributed by atoms with Gasteiger partial charge < -0.3 is 14.2 Å². The maximum Gasteiger partial charge on any atom is 0.257 e. The third kappa shape index (κ3) is 3.55. The number of aryl methyl sites for hydroxylation is 1. The molecule has 0 radical (unpaired) electrons. The molecule has 0 aliphatic carbocycles. The molecule has 5 nitrogen and oxygen atoms in total. The fourth-order valence-corrected chi connectivity index (χ4v) is 3.03. The molecular formula is C19H28N2O3. The van der Waals surface area contributed by atoms with Gasteiger partial charge in [0.05, 0.1) is 5.56 Å². The van der Waals surface area contributed by atoms with Crippen molar-refractivity contribution >= 4 is 11.8 Å². The average molecular weight is 332 g/mol. The van der Waals surface area contributed by atoms with E-state index in [-0.39, 0.29) is 23.3 Å². The number of amides is 2. The average Bonchev–Trinajstić information content (AvgIpc) is 2.94. The van der Waals surface area contributed by atoms with Crippen LogP contribution in [0.5, 0.6) is 0 Å². The molecule has 1 aliphatic heterocycles. The molecule has 0 aromatic carbocycles. The minimum atomic E-state index is -0.135. The van der Waals surface area contributed by atoms with E-state index in [1.165, 1.54) is 6.08 Å². The normalized spacial score (nSPS) is 18.6. The van der Waals surface area contributed by atoms with Gasteiger partial charge in [0.2, 0.25) is 5.91 Å². The second kappa shape index (κ2) is 6.83. The summed E-state index contributed by atoms with van der Waals surface area (Å²) in [6.45, 7) is 15.2. The predicted molar refractivity (Wildman–Crippen MR) is 94.0 cm³/mol. The molecule has 0 N–H and O–H groups in total. The molecule has 0 bridgehead atoms. The summed E-state index contributed by atoms with van der Waals surface area (Å²) in [5, 5.41) is 0. The van der Waals surface area contributed by atoms with E-state index in [0.717, 1.165) is 12.2 Å². The number of hydrogen-bond acceptors (Lipinski definition) is 3. The fraction of sp³-hybridized carbons (Fsp3) is 0.579. The van der Waals surface area contributed by atoms with Crippen LogP contribution in [0.1, 0.15) is 56.0 Å². The number of hydrogen-bond donors (Lipinski definition) is 0. The van der Waals surface area contributed by atoms with Crippen molar-refractivity contribution in [1.29, 1.82) is 0 Å². The van der Waals surface area contributed by atoms with Crippen molar-refractivity contribution in [2.24, 2.45) is 0 Å². The Bertz CT molecular complexity index is 640. The van der Waals surface area contributed by atoms with Gasteiger partial charge in [-0.15, -0.1) is 0 Å². The van der Waals surface area contributed by atoms with Crippen molar-refractivity contribution in [3.05, 3.63) is 35.8 Å². The van der Waals surface area contributed by atoms with E-state index in [2.05, 4.69) is 27.4 Å². The highest BCUT2D eigenvalue weighted by atomic mass is 16.3. The number of furan rings is 1. The maximum atomic E-state index is 12.9. The summed E-state index contributed by atoms with van der Waals surface area (Å²) in [6.07, 6.45) is 2.15. The van der Waals surface area contributed by atoms with Crippen LogP contribution >= 0.6 is 0 Å². The Labute approximate surface area is 144 Å². The highest BCUT2D eigenvalue weighted by Crippen LogP contribution is 2.28. The zero-order valence-corrected chi connectivity index (χ0v) is 15.4. The Kier molecular flexibility index (Phi) is 5.21. The summed E-state index contributed by atoms with van der Waals surface area (Å²) in [4.78, 5) is 28.5. The molecule has 1 fully saturated rings. The van der Waals surface area contributed by atoms with Gasteiger partial charge in [0.1, 0.15) is 11.5 Å². The lowest BCUT2D eigenvalue weighted by atomic mass is 9.93. The molecule has 132 valence electrons. The number of carbonyl (C=O) groups excluding carboxylic acids is 2. The summed E-state index contributed by atoms with van der Waals surface area (Å²) < 4.78 is 5.80. The fourth-order valence-electron chi connectivity index (χ4n) is 3.03. The van der Waals surface area contributed by atoms with Crippen LogP contribution in [-0.2, 0) is 10.2 Å². The van der Waals surface area contributed by atoms with Crippen LogP contribution in [0.2, 0.25) is 0 Å². The van der Waals surface area contributed by atoms with E-state index in [1.54, 1.807) is 4.90 Å². The molecule has 1 aliphatic rings. The minimum Gasteiger partial charge on any atom is -0.465 e. The highest BCUT2D eigenvalue weighted by Gasteiger charge is 2.32. The van der Waals surface area contributed by atoms with Crippen LogP contribution in [0, 0.1) is 6.92 Å². The Morgan fingerprint density at radius 3 is 2.54 bits per heavy atom. The van der Waals surface area contributed by atoms with E-state index in [4.69, 9.17) is 4.42 Å². The summed E-state index contributed by atoms with van der Waals surface area (Å²) in [7, 11) is 0. The van der Waals surface area contributed by atoms with Gasteiger partial charge in [-0.3, -0.25) is 9.59 Å². The molecule has 1 aromatic heterocycles. The molecule has 1 atom stereocenters. The van der Waals surface area contributed by atoms with Crippen LogP contribution in [0.4, 0.5) is 0 Å². The second-order valence-corrected chi connectivity index (χ2v) is 7.38. The first kappa shape index (κ1) is 18.3. The second-order valence-electron chi connectivity index (χ2n) is 7.38. The summed E-state index contributed by atoms with van der Waals surface area (Å²) in [6, 6.07) is 1.89. The van der Waals surface area contributed by atoms with Gasteiger partial charge in [0.15, 0.2) is 0 Å². The van der Waals surface area contributed by atoms with Crippen molar-refractivity contribution in [3.63, 3.8) is 0 Å². The molecular weight excluding hydrogens is 304 g/mol. The van der Waals surface area contributed by atoms with E-state index in [9.17, 15) is 9.59 Å². The number of rotatable bonds is 3. The molecule has 0 spiro atoms. The van der Waals surface area contributed by atoms with Crippen LogP contribution in [0.3, 0.4) is 0 Å². The van der Waals surface area contributed by atoms with Crippen LogP contribution in [-0.4, -0.2) is 47.3 Å². The van der Waals surface area contributed by atoms with Crippen molar-refractivity contribution < 1.29 is 14.0 Å². The van der Waals surface area contributed by atoms with Crippen LogP contribution in [0.15, 0.2) is 23.1 Å². The molecule has 24 heavy (non-hydrogen) atoms. The Morgan fingerprint density at radius 2 is 2.04 bits per heavy atom. The van der Waals surface area contributed by atoms with Crippen LogP contribution in [0.25, 0.3) is 0 Å². The lowest BCUT2D eigenvalue weighted by Crippen LogP contribution is -2.56. The van der Waals surface area contributed by atoms with Crippen molar-refractivity contribution in [2.45, 2.75) is 52.5 Å². The largest absolute Gasteiger partial charge is 0.465 e. The Hall–Kier alpha value is -2.04. The third-order valence-electron chi connectivity index (χ3n) is 4.59. The first-order valence-electron chi connectivity index (χ1n) is 8.52. The minimum absolute atomic E-state index is 0.0177. The van der Waals surface area contributed by atoms with Crippen molar-refractivity contribution in [3.8, 4) is 0 Å². The third-order valence-corrected chi connectivity index (χ3v) is 4.59. The molecule has 1 saturated heterocycles. The lowest BCUT2D eigenvalue weighted by molar-refractivity contribution is -0.130.